The van der Waals surface area contributed by atoms with E-state index in [1.54, 1.807) is 67.2 Å². The van der Waals surface area contributed by atoms with Crippen LogP contribution in [0.4, 0.5) is 5.13 Å². The van der Waals surface area contributed by atoms with E-state index in [1.807, 2.05) is 0 Å². The van der Waals surface area contributed by atoms with Crippen LogP contribution in [0.3, 0.4) is 0 Å². The van der Waals surface area contributed by atoms with Gasteiger partial charge in [0.25, 0.3) is 5.78 Å². The van der Waals surface area contributed by atoms with Gasteiger partial charge in [0.05, 0.1) is 18.7 Å². The summed E-state index contributed by atoms with van der Waals surface area (Å²) in [6.45, 7) is 0. The molecular formula is C21H15ClN2O4S. The molecule has 8 heteroatoms. The topological polar surface area (TPSA) is 79.7 Å². The molecule has 146 valence electrons. The minimum atomic E-state index is -0.817. The summed E-state index contributed by atoms with van der Waals surface area (Å²) in [5.41, 5.74) is 1.04. The van der Waals surface area contributed by atoms with Crippen molar-refractivity contribution in [1.29, 1.82) is 0 Å². The number of Topliss-reactive ketones (excluding diaryl/α,β-unsaturated/α-hetero) is 1. The van der Waals surface area contributed by atoms with Crippen molar-refractivity contribution in [2.75, 3.05) is 12.0 Å². The Labute approximate surface area is 175 Å². The highest BCUT2D eigenvalue weighted by Crippen LogP contribution is 2.43. The zero-order valence-corrected chi connectivity index (χ0v) is 16.8. The average molecular weight is 427 g/mol. The van der Waals surface area contributed by atoms with Crippen LogP contribution in [0.2, 0.25) is 5.02 Å². The molecule has 0 aliphatic carbocycles. The lowest BCUT2D eigenvalue weighted by Gasteiger charge is -2.23. The van der Waals surface area contributed by atoms with Gasteiger partial charge in [-0.15, -0.1) is 11.3 Å². The first-order valence-corrected chi connectivity index (χ1v) is 9.87. The number of hydrogen-bond acceptors (Lipinski definition) is 6. The van der Waals surface area contributed by atoms with E-state index in [1.165, 1.54) is 16.2 Å². The van der Waals surface area contributed by atoms with E-state index in [9.17, 15) is 14.7 Å². The summed E-state index contributed by atoms with van der Waals surface area (Å²) in [4.78, 5) is 31.3. The number of benzene rings is 2. The Morgan fingerprint density at radius 2 is 1.83 bits per heavy atom. The summed E-state index contributed by atoms with van der Waals surface area (Å²) < 4.78 is 5.20. The van der Waals surface area contributed by atoms with Gasteiger partial charge in [-0.05, 0) is 42.0 Å². The molecule has 6 nitrogen and oxygen atoms in total. The van der Waals surface area contributed by atoms with Gasteiger partial charge in [0, 0.05) is 22.2 Å². The Kier molecular flexibility index (Phi) is 5.08. The first-order chi connectivity index (χ1) is 14.0. The number of aliphatic hydroxyl groups is 1. The Hall–Kier alpha value is -3.16. The van der Waals surface area contributed by atoms with Crippen molar-refractivity contribution in [2.45, 2.75) is 6.04 Å². The quantitative estimate of drug-likeness (QED) is 0.379. The number of rotatable bonds is 4. The van der Waals surface area contributed by atoms with Crippen molar-refractivity contribution in [2.24, 2.45) is 0 Å². The number of carbonyl (C=O) groups excluding carboxylic acids is 2. The molecule has 0 saturated carbocycles. The molecule has 4 rings (SSSR count). The molecule has 1 unspecified atom stereocenters. The number of methoxy groups -OCH3 is 1. The normalized spacial score (nSPS) is 18.3. The lowest BCUT2D eigenvalue weighted by Crippen LogP contribution is -2.29. The van der Waals surface area contributed by atoms with Gasteiger partial charge in [0.2, 0.25) is 0 Å². The molecule has 3 aromatic rings. The Bertz CT molecular complexity index is 1090. The zero-order valence-electron chi connectivity index (χ0n) is 15.2. The maximum Gasteiger partial charge on any atom is 0.301 e. The molecule has 1 aliphatic rings. The monoisotopic (exact) mass is 426 g/mol. The van der Waals surface area contributed by atoms with Gasteiger partial charge in [-0.1, -0.05) is 23.7 Å². The van der Waals surface area contributed by atoms with Crippen LogP contribution < -0.4 is 9.64 Å². The Morgan fingerprint density at radius 1 is 1.14 bits per heavy atom. The van der Waals surface area contributed by atoms with Gasteiger partial charge >= 0.3 is 5.91 Å². The van der Waals surface area contributed by atoms with Crippen molar-refractivity contribution >= 4 is 45.5 Å². The minimum Gasteiger partial charge on any atom is -0.507 e. The molecule has 1 atom stereocenters. The number of hydrogen-bond donors (Lipinski definition) is 1. The van der Waals surface area contributed by atoms with E-state index in [2.05, 4.69) is 4.98 Å². The number of aliphatic hydroxyl groups excluding tert-OH is 1. The van der Waals surface area contributed by atoms with E-state index in [4.69, 9.17) is 16.3 Å². The van der Waals surface area contributed by atoms with Crippen molar-refractivity contribution in [3.8, 4) is 5.75 Å². The van der Waals surface area contributed by atoms with E-state index in [-0.39, 0.29) is 11.3 Å². The molecule has 2 aromatic carbocycles. The van der Waals surface area contributed by atoms with Crippen molar-refractivity contribution in [1.82, 2.24) is 4.98 Å². The number of aromatic nitrogens is 1. The first-order valence-electron chi connectivity index (χ1n) is 8.61. The zero-order chi connectivity index (χ0) is 20.5. The van der Waals surface area contributed by atoms with Crippen molar-refractivity contribution < 1.29 is 19.4 Å². The van der Waals surface area contributed by atoms with Crippen LogP contribution in [0.1, 0.15) is 17.2 Å². The van der Waals surface area contributed by atoms with Crippen molar-refractivity contribution in [3.05, 3.63) is 81.8 Å². The van der Waals surface area contributed by atoms with Gasteiger partial charge in [-0.25, -0.2) is 4.98 Å². The number of nitrogens with zero attached hydrogens (tertiary/aromatic N) is 2. The smallest absolute Gasteiger partial charge is 0.301 e. The second kappa shape index (κ2) is 7.69. The van der Waals surface area contributed by atoms with Crippen LogP contribution in [-0.4, -0.2) is 28.9 Å². The maximum atomic E-state index is 12.9. The molecule has 2 heterocycles. The van der Waals surface area contributed by atoms with Gasteiger partial charge < -0.3 is 9.84 Å². The highest BCUT2D eigenvalue weighted by molar-refractivity contribution is 7.14. The number of ether oxygens (including phenoxy) is 1. The fourth-order valence-corrected chi connectivity index (χ4v) is 4.02. The van der Waals surface area contributed by atoms with E-state index >= 15 is 0 Å². The summed E-state index contributed by atoms with van der Waals surface area (Å²) in [6, 6.07) is 12.6. The average Bonchev–Trinajstić information content (AvgIpc) is 3.35. The van der Waals surface area contributed by atoms with Crippen LogP contribution in [0, 0.1) is 0 Å². The molecule has 1 fully saturated rings. The summed E-state index contributed by atoms with van der Waals surface area (Å²) >= 11 is 7.16. The maximum absolute atomic E-state index is 12.9. The molecule has 1 N–H and O–H groups in total. The van der Waals surface area contributed by atoms with E-state index in [0.29, 0.717) is 27.0 Å². The highest BCUT2D eigenvalue weighted by atomic mass is 35.5. The molecule has 0 spiro atoms. The number of amides is 1. The fourth-order valence-electron chi connectivity index (χ4n) is 3.23. The molecule has 1 saturated heterocycles. The number of thiazole rings is 1. The molecule has 1 aromatic heterocycles. The number of ketones is 1. The van der Waals surface area contributed by atoms with Crippen LogP contribution >= 0.6 is 22.9 Å². The third kappa shape index (κ3) is 3.39. The second-order valence-corrected chi connectivity index (χ2v) is 7.57. The summed E-state index contributed by atoms with van der Waals surface area (Å²) in [7, 11) is 1.55. The molecule has 1 amide bonds. The van der Waals surface area contributed by atoms with Crippen LogP contribution in [0.25, 0.3) is 5.76 Å². The molecule has 0 bridgehead atoms. The van der Waals surface area contributed by atoms with E-state index < -0.39 is 17.7 Å². The Balaban J connectivity index is 1.91. The summed E-state index contributed by atoms with van der Waals surface area (Å²) in [6.07, 6.45) is 1.56. The minimum absolute atomic E-state index is 0.00214. The predicted molar refractivity (Wildman–Crippen MR) is 111 cm³/mol. The van der Waals surface area contributed by atoms with Crippen LogP contribution in [0.15, 0.2) is 65.7 Å². The van der Waals surface area contributed by atoms with Crippen LogP contribution in [-0.2, 0) is 9.59 Å². The number of anilines is 1. The summed E-state index contributed by atoms with van der Waals surface area (Å²) in [5.74, 6) is -1.14. The van der Waals surface area contributed by atoms with E-state index in [0.717, 1.165) is 0 Å². The molecule has 29 heavy (non-hydrogen) atoms. The first kappa shape index (κ1) is 19.2. The lowest BCUT2D eigenvalue weighted by molar-refractivity contribution is -0.132. The van der Waals surface area contributed by atoms with Crippen LogP contribution in [0.5, 0.6) is 5.75 Å². The van der Waals surface area contributed by atoms with Gasteiger partial charge in [-0.3, -0.25) is 14.5 Å². The molecule has 1 aliphatic heterocycles. The predicted octanol–water partition coefficient (Wildman–Crippen LogP) is 4.43. The largest absolute Gasteiger partial charge is 0.507 e. The van der Waals surface area contributed by atoms with Gasteiger partial charge in [0.1, 0.15) is 11.5 Å². The standard InChI is InChI=1S/C21H15ClN2O4S/c1-28-15-8-4-12(5-9-15)17-16(18(25)13-2-6-14(22)7-3-13)19(26)20(27)24(17)21-23-10-11-29-21/h2-11,17,25H,1H3. The lowest BCUT2D eigenvalue weighted by atomic mass is 9.95. The SMILES string of the molecule is COc1ccc(C2C(=C(O)c3ccc(Cl)cc3)C(=O)C(=O)N2c2nccs2)cc1. The second-order valence-electron chi connectivity index (χ2n) is 6.26. The number of halogens is 1. The summed E-state index contributed by atoms with van der Waals surface area (Å²) in [5, 5.41) is 13.5. The van der Waals surface area contributed by atoms with Gasteiger partial charge in [0.15, 0.2) is 5.13 Å². The number of carbonyl (C=O) groups is 2. The molecule has 0 radical (unpaired) electrons. The fraction of sp³-hybridized carbons (Fsp3) is 0.0952. The third-order valence-electron chi connectivity index (χ3n) is 4.62. The molecular weight excluding hydrogens is 412 g/mol. The highest BCUT2D eigenvalue weighted by Gasteiger charge is 2.47. The third-order valence-corrected chi connectivity index (χ3v) is 5.64. The Morgan fingerprint density at radius 3 is 2.41 bits per heavy atom. The van der Waals surface area contributed by atoms with Gasteiger partial charge in [-0.2, -0.15) is 0 Å². The van der Waals surface area contributed by atoms with Crippen molar-refractivity contribution in [3.63, 3.8) is 0 Å².